The number of rotatable bonds is 8. The van der Waals surface area contributed by atoms with E-state index in [9.17, 15) is 12.8 Å². The molecule has 5 heteroatoms. The van der Waals surface area contributed by atoms with Crippen molar-refractivity contribution >= 4 is 9.84 Å². The Hall–Kier alpha value is -0.940. The summed E-state index contributed by atoms with van der Waals surface area (Å²) in [4.78, 5) is 0. The lowest BCUT2D eigenvalue weighted by Crippen LogP contribution is -2.29. The van der Waals surface area contributed by atoms with E-state index in [1.165, 1.54) is 6.07 Å². The van der Waals surface area contributed by atoms with Crippen LogP contribution in [-0.2, 0) is 9.84 Å². The maximum atomic E-state index is 13.9. The van der Waals surface area contributed by atoms with Crippen molar-refractivity contribution in [2.24, 2.45) is 0 Å². The Kier molecular flexibility index (Phi) is 6.62. The van der Waals surface area contributed by atoms with Crippen LogP contribution in [0.3, 0.4) is 0 Å². The molecule has 0 radical (unpaired) electrons. The van der Waals surface area contributed by atoms with Gasteiger partial charge in [0.05, 0.1) is 5.75 Å². The van der Waals surface area contributed by atoms with Crippen LogP contribution in [-0.4, -0.2) is 32.5 Å². The first-order valence-electron chi connectivity index (χ1n) is 7.04. The Bertz CT molecular complexity index is 514. The van der Waals surface area contributed by atoms with Crippen LogP contribution < -0.4 is 5.32 Å². The molecule has 0 aliphatic heterocycles. The second-order valence-electron chi connectivity index (χ2n) is 5.31. The number of hydrogen-bond acceptors (Lipinski definition) is 3. The van der Waals surface area contributed by atoms with E-state index < -0.39 is 9.84 Å². The molecule has 20 heavy (non-hydrogen) atoms. The molecule has 3 nitrogen and oxygen atoms in total. The van der Waals surface area contributed by atoms with Gasteiger partial charge in [-0.15, -0.1) is 0 Å². The van der Waals surface area contributed by atoms with Crippen LogP contribution in [0.4, 0.5) is 4.39 Å². The van der Waals surface area contributed by atoms with E-state index in [-0.39, 0.29) is 29.3 Å². The molecule has 0 bridgehead atoms. The zero-order valence-electron chi connectivity index (χ0n) is 12.4. The van der Waals surface area contributed by atoms with Gasteiger partial charge in [-0.05, 0) is 18.1 Å². The summed E-state index contributed by atoms with van der Waals surface area (Å²) in [6.45, 7) is 6.25. The second kappa shape index (κ2) is 7.74. The zero-order valence-corrected chi connectivity index (χ0v) is 13.2. The van der Waals surface area contributed by atoms with E-state index in [1.54, 1.807) is 25.1 Å². The standard InChI is InChI=1S/C15H24FNO2S/c1-4-20(18,19)10-9-13(11-17-12(2)3)14-7-5-6-8-15(14)16/h5-8,12-13,17H,4,9-11H2,1-3H3. The summed E-state index contributed by atoms with van der Waals surface area (Å²) in [6, 6.07) is 6.88. The molecule has 0 saturated carbocycles. The number of halogens is 1. The van der Waals surface area contributed by atoms with Gasteiger partial charge in [0, 0.05) is 24.3 Å². The molecule has 1 aromatic carbocycles. The minimum absolute atomic E-state index is 0.0995. The number of nitrogens with one attached hydrogen (secondary N) is 1. The third kappa shape index (κ3) is 5.59. The van der Waals surface area contributed by atoms with Crippen LogP contribution in [0.5, 0.6) is 0 Å². The fourth-order valence-electron chi connectivity index (χ4n) is 2.02. The highest BCUT2D eigenvalue weighted by Gasteiger charge is 2.19. The molecule has 0 aromatic heterocycles. The van der Waals surface area contributed by atoms with Crippen molar-refractivity contribution in [1.82, 2.24) is 5.32 Å². The molecule has 0 heterocycles. The minimum atomic E-state index is -3.02. The topological polar surface area (TPSA) is 46.2 Å². The van der Waals surface area contributed by atoms with Crippen LogP contribution in [0.2, 0.25) is 0 Å². The van der Waals surface area contributed by atoms with Crippen molar-refractivity contribution in [3.63, 3.8) is 0 Å². The van der Waals surface area contributed by atoms with Crippen LogP contribution in [0.1, 0.15) is 38.7 Å². The van der Waals surface area contributed by atoms with Gasteiger partial charge in [-0.3, -0.25) is 0 Å². The van der Waals surface area contributed by atoms with Gasteiger partial charge in [-0.1, -0.05) is 39.0 Å². The van der Waals surface area contributed by atoms with Crippen molar-refractivity contribution in [3.05, 3.63) is 35.6 Å². The average molecular weight is 301 g/mol. The highest BCUT2D eigenvalue weighted by Crippen LogP contribution is 2.23. The van der Waals surface area contributed by atoms with E-state index in [4.69, 9.17) is 0 Å². The van der Waals surface area contributed by atoms with E-state index in [0.29, 0.717) is 18.5 Å². The SMILES string of the molecule is CCS(=O)(=O)CCC(CNC(C)C)c1ccccc1F. The Morgan fingerprint density at radius 3 is 2.45 bits per heavy atom. The summed E-state index contributed by atoms with van der Waals surface area (Å²) in [6.07, 6.45) is 0.441. The quantitative estimate of drug-likeness (QED) is 0.803. The molecular weight excluding hydrogens is 277 g/mol. The van der Waals surface area contributed by atoms with Crippen molar-refractivity contribution in [2.75, 3.05) is 18.1 Å². The molecule has 1 aromatic rings. The van der Waals surface area contributed by atoms with Crippen molar-refractivity contribution in [2.45, 2.75) is 39.2 Å². The van der Waals surface area contributed by atoms with E-state index in [1.807, 2.05) is 13.8 Å². The molecule has 0 spiro atoms. The number of sulfone groups is 1. The normalized spacial score (nSPS) is 13.7. The fraction of sp³-hybridized carbons (Fsp3) is 0.600. The molecule has 0 aliphatic rings. The van der Waals surface area contributed by atoms with Crippen molar-refractivity contribution in [3.8, 4) is 0 Å². The largest absolute Gasteiger partial charge is 0.314 e. The lowest BCUT2D eigenvalue weighted by atomic mass is 9.95. The van der Waals surface area contributed by atoms with Gasteiger partial charge in [0.1, 0.15) is 15.7 Å². The lowest BCUT2D eigenvalue weighted by molar-refractivity contribution is 0.497. The van der Waals surface area contributed by atoms with E-state index in [0.717, 1.165) is 0 Å². The number of benzene rings is 1. The maximum Gasteiger partial charge on any atom is 0.150 e. The van der Waals surface area contributed by atoms with Crippen molar-refractivity contribution in [1.29, 1.82) is 0 Å². The number of hydrogen-bond donors (Lipinski definition) is 1. The van der Waals surface area contributed by atoms with Crippen LogP contribution in [0.25, 0.3) is 0 Å². The molecule has 0 fully saturated rings. The van der Waals surface area contributed by atoms with Crippen molar-refractivity contribution < 1.29 is 12.8 Å². The average Bonchev–Trinajstić information content (AvgIpc) is 2.40. The molecule has 1 rings (SSSR count). The summed E-state index contributed by atoms with van der Waals surface area (Å²) >= 11 is 0. The monoisotopic (exact) mass is 301 g/mol. The Balaban J connectivity index is 2.83. The molecule has 0 amide bonds. The maximum absolute atomic E-state index is 13.9. The smallest absolute Gasteiger partial charge is 0.150 e. The highest BCUT2D eigenvalue weighted by atomic mass is 32.2. The Morgan fingerprint density at radius 1 is 1.25 bits per heavy atom. The molecule has 0 aliphatic carbocycles. The van der Waals surface area contributed by atoms with Crippen LogP contribution >= 0.6 is 0 Å². The van der Waals surface area contributed by atoms with Crippen LogP contribution in [0, 0.1) is 5.82 Å². The summed E-state index contributed by atoms with van der Waals surface area (Å²) in [5.74, 6) is -0.159. The first kappa shape index (κ1) is 17.1. The summed E-state index contributed by atoms with van der Waals surface area (Å²) in [5.41, 5.74) is 0.590. The van der Waals surface area contributed by atoms with Gasteiger partial charge in [0.25, 0.3) is 0 Å². The Labute approximate surface area is 121 Å². The first-order valence-corrected chi connectivity index (χ1v) is 8.86. The van der Waals surface area contributed by atoms with Gasteiger partial charge >= 0.3 is 0 Å². The summed E-state index contributed by atoms with van der Waals surface area (Å²) in [7, 11) is -3.02. The molecule has 1 unspecified atom stereocenters. The lowest BCUT2D eigenvalue weighted by Gasteiger charge is -2.20. The second-order valence-corrected chi connectivity index (χ2v) is 7.78. The van der Waals surface area contributed by atoms with Gasteiger partial charge in [-0.2, -0.15) is 0 Å². The Morgan fingerprint density at radius 2 is 1.90 bits per heavy atom. The third-order valence-electron chi connectivity index (χ3n) is 3.33. The zero-order chi connectivity index (χ0) is 15.2. The molecule has 1 N–H and O–H groups in total. The van der Waals surface area contributed by atoms with Gasteiger partial charge < -0.3 is 5.32 Å². The summed E-state index contributed by atoms with van der Waals surface area (Å²) in [5, 5.41) is 3.26. The third-order valence-corrected chi connectivity index (χ3v) is 5.07. The molecular formula is C15H24FNO2S. The highest BCUT2D eigenvalue weighted by molar-refractivity contribution is 7.91. The van der Waals surface area contributed by atoms with E-state index >= 15 is 0 Å². The first-order chi connectivity index (χ1) is 9.35. The molecule has 1 atom stereocenters. The van der Waals surface area contributed by atoms with E-state index in [2.05, 4.69) is 5.32 Å². The predicted molar refractivity (Wildman–Crippen MR) is 81.2 cm³/mol. The van der Waals surface area contributed by atoms with Gasteiger partial charge in [-0.25, -0.2) is 12.8 Å². The minimum Gasteiger partial charge on any atom is -0.314 e. The summed E-state index contributed by atoms with van der Waals surface area (Å²) < 4.78 is 37.2. The predicted octanol–water partition coefficient (Wildman–Crippen LogP) is 2.73. The van der Waals surface area contributed by atoms with Gasteiger partial charge in [0.15, 0.2) is 0 Å². The van der Waals surface area contributed by atoms with Crippen LogP contribution in [0.15, 0.2) is 24.3 Å². The van der Waals surface area contributed by atoms with Gasteiger partial charge in [0.2, 0.25) is 0 Å². The molecule has 0 saturated heterocycles. The molecule has 114 valence electrons. The fourth-order valence-corrected chi connectivity index (χ4v) is 2.95.